The second-order valence-electron chi connectivity index (χ2n) is 5.18. The molecule has 1 aromatic heterocycles. The van der Waals surface area contributed by atoms with Crippen molar-refractivity contribution in [3.63, 3.8) is 0 Å². The van der Waals surface area contributed by atoms with Gasteiger partial charge in [0.1, 0.15) is 0 Å². The highest BCUT2D eigenvalue weighted by atomic mass is 35.5. The number of thiazole rings is 1. The quantitative estimate of drug-likeness (QED) is 0.914. The molecule has 1 amide bonds. The Labute approximate surface area is 128 Å². The predicted molar refractivity (Wildman–Crippen MR) is 85.5 cm³/mol. The summed E-state index contributed by atoms with van der Waals surface area (Å²) < 4.78 is 1.09. The number of fused-ring (bicyclic) bond motifs is 1. The maximum atomic E-state index is 12.4. The van der Waals surface area contributed by atoms with Gasteiger partial charge in [0.15, 0.2) is 0 Å². The molecule has 108 valence electrons. The van der Waals surface area contributed by atoms with Gasteiger partial charge in [-0.2, -0.15) is 0 Å². The van der Waals surface area contributed by atoms with Crippen molar-refractivity contribution in [2.75, 3.05) is 11.9 Å². The van der Waals surface area contributed by atoms with Crippen molar-refractivity contribution in [2.45, 2.75) is 25.7 Å². The van der Waals surface area contributed by atoms with E-state index in [9.17, 15) is 4.79 Å². The molecule has 1 saturated carbocycles. The summed E-state index contributed by atoms with van der Waals surface area (Å²) in [5.74, 6) is 0.0661. The van der Waals surface area contributed by atoms with Crippen LogP contribution in [0, 0.1) is 5.41 Å². The van der Waals surface area contributed by atoms with Crippen molar-refractivity contribution >= 4 is 45.6 Å². The van der Waals surface area contributed by atoms with Crippen LogP contribution in [0.4, 0.5) is 5.69 Å². The Balaban J connectivity index is 0.00000147. The summed E-state index contributed by atoms with van der Waals surface area (Å²) in [5, 5.41) is 3.02. The van der Waals surface area contributed by atoms with Gasteiger partial charge in [0, 0.05) is 12.2 Å². The first-order valence-electron chi connectivity index (χ1n) is 6.58. The fraction of sp³-hybridized carbons (Fsp3) is 0.429. The molecule has 3 N–H and O–H groups in total. The van der Waals surface area contributed by atoms with Crippen molar-refractivity contribution in [3.8, 4) is 0 Å². The van der Waals surface area contributed by atoms with Crippen LogP contribution in [0.15, 0.2) is 23.7 Å². The minimum absolute atomic E-state index is 0. The van der Waals surface area contributed by atoms with Gasteiger partial charge < -0.3 is 11.1 Å². The monoisotopic (exact) mass is 311 g/mol. The minimum Gasteiger partial charge on any atom is -0.329 e. The lowest BCUT2D eigenvalue weighted by molar-refractivity contribution is -0.124. The third kappa shape index (κ3) is 2.66. The van der Waals surface area contributed by atoms with Gasteiger partial charge in [-0.05, 0) is 31.0 Å². The Hall–Kier alpha value is -1.17. The average molecular weight is 312 g/mol. The molecule has 0 atom stereocenters. The molecule has 0 saturated heterocycles. The number of carbonyl (C=O) groups excluding carboxylic acids is 1. The summed E-state index contributed by atoms with van der Waals surface area (Å²) in [4.78, 5) is 16.7. The van der Waals surface area contributed by atoms with Crippen LogP contribution in [0.1, 0.15) is 25.7 Å². The van der Waals surface area contributed by atoms with Gasteiger partial charge in [-0.15, -0.1) is 23.7 Å². The summed E-state index contributed by atoms with van der Waals surface area (Å²) in [5.41, 5.74) is 9.09. The minimum atomic E-state index is -0.358. The van der Waals surface area contributed by atoms with E-state index >= 15 is 0 Å². The Morgan fingerprint density at radius 1 is 1.40 bits per heavy atom. The SMILES string of the molecule is Cl.NCC1(C(=O)Nc2ccc3ncsc3c2)CCCC1. The maximum Gasteiger partial charge on any atom is 0.231 e. The lowest BCUT2D eigenvalue weighted by atomic mass is 9.85. The number of amides is 1. The molecule has 1 aliphatic carbocycles. The number of nitrogens with zero attached hydrogens (tertiary/aromatic N) is 1. The molecule has 20 heavy (non-hydrogen) atoms. The van der Waals surface area contributed by atoms with E-state index in [0.717, 1.165) is 41.6 Å². The number of carbonyl (C=O) groups is 1. The molecule has 4 nitrogen and oxygen atoms in total. The van der Waals surface area contributed by atoms with Crippen LogP contribution in [0.25, 0.3) is 10.2 Å². The number of nitrogens with one attached hydrogen (secondary N) is 1. The van der Waals surface area contributed by atoms with E-state index in [4.69, 9.17) is 5.73 Å². The molecule has 0 spiro atoms. The molecule has 1 fully saturated rings. The Morgan fingerprint density at radius 3 is 2.85 bits per heavy atom. The van der Waals surface area contributed by atoms with Crippen LogP contribution in [0.3, 0.4) is 0 Å². The molecule has 0 bridgehead atoms. The standard InChI is InChI=1S/C14H17N3OS.ClH/c15-8-14(5-1-2-6-14)13(18)17-10-3-4-11-12(7-10)19-9-16-11;/h3-4,7,9H,1-2,5-6,8,15H2,(H,17,18);1H. The van der Waals surface area contributed by atoms with E-state index < -0.39 is 0 Å². The van der Waals surface area contributed by atoms with Crippen molar-refractivity contribution in [1.29, 1.82) is 0 Å². The highest BCUT2D eigenvalue weighted by Crippen LogP contribution is 2.38. The number of nitrogens with two attached hydrogens (primary N) is 1. The highest BCUT2D eigenvalue weighted by molar-refractivity contribution is 7.16. The summed E-state index contributed by atoms with van der Waals surface area (Å²) in [6, 6.07) is 5.81. The van der Waals surface area contributed by atoms with E-state index in [1.807, 2.05) is 23.7 Å². The second kappa shape index (κ2) is 6.08. The molecule has 0 radical (unpaired) electrons. The van der Waals surface area contributed by atoms with Crippen molar-refractivity contribution in [3.05, 3.63) is 23.7 Å². The zero-order valence-electron chi connectivity index (χ0n) is 11.1. The van der Waals surface area contributed by atoms with Crippen LogP contribution >= 0.6 is 23.7 Å². The zero-order valence-corrected chi connectivity index (χ0v) is 12.7. The lowest BCUT2D eigenvalue weighted by Crippen LogP contribution is -2.40. The number of hydrogen-bond acceptors (Lipinski definition) is 4. The molecular formula is C14H18ClN3OS. The summed E-state index contributed by atoms with van der Waals surface area (Å²) in [6.45, 7) is 0.432. The number of rotatable bonds is 3. The number of aromatic nitrogens is 1. The van der Waals surface area contributed by atoms with Crippen molar-refractivity contribution < 1.29 is 4.79 Å². The third-order valence-corrected chi connectivity index (χ3v) is 4.81. The van der Waals surface area contributed by atoms with E-state index in [1.54, 1.807) is 11.3 Å². The first-order chi connectivity index (χ1) is 9.23. The molecule has 3 rings (SSSR count). The van der Waals surface area contributed by atoms with Gasteiger partial charge in [0.05, 0.1) is 21.1 Å². The molecular weight excluding hydrogens is 294 g/mol. The van der Waals surface area contributed by atoms with Crippen LogP contribution < -0.4 is 11.1 Å². The van der Waals surface area contributed by atoms with Gasteiger partial charge in [-0.3, -0.25) is 4.79 Å². The highest BCUT2D eigenvalue weighted by Gasteiger charge is 2.39. The van der Waals surface area contributed by atoms with E-state index in [1.165, 1.54) is 0 Å². The Kier molecular flexibility index (Phi) is 4.62. The van der Waals surface area contributed by atoms with Gasteiger partial charge in [0.25, 0.3) is 0 Å². The topological polar surface area (TPSA) is 68.0 Å². The first kappa shape index (κ1) is 15.2. The van der Waals surface area contributed by atoms with Gasteiger partial charge in [0.2, 0.25) is 5.91 Å². The summed E-state index contributed by atoms with van der Waals surface area (Å²) in [6.07, 6.45) is 3.99. The normalized spacial score (nSPS) is 16.9. The molecule has 0 unspecified atom stereocenters. The summed E-state index contributed by atoms with van der Waals surface area (Å²) >= 11 is 1.58. The molecule has 6 heteroatoms. The molecule has 0 aliphatic heterocycles. The van der Waals surface area contributed by atoms with E-state index in [2.05, 4.69) is 10.3 Å². The fourth-order valence-corrected chi connectivity index (χ4v) is 3.49. The fourth-order valence-electron chi connectivity index (χ4n) is 2.77. The second-order valence-corrected chi connectivity index (χ2v) is 6.07. The van der Waals surface area contributed by atoms with Crippen molar-refractivity contribution in [2.24, 2.45) is 11.1 Å². The molecule has 1 heterocycles. The molecule has 2 aromatic rings. The lowest BCUT2D eigenvalue weighted by Gasteiger charge is -2.25. The number of benzene rings is 1. The van der Waals surface area contributed by atoms with Gasteiger partial charge in [-0.25, -0.2) is 4.98 Å². The van der Waals surface area contributed by atoms with Crippen LogP contribution in [0.5, 0.6) is 0 Å². The van der Waals surface area contributed by atoms with Crippen LogP contribution in [0.2, 0.25) is 0 Å². The Morgan fingerprint density at radius 2 is 2.15 bits per heavy atom. The summed E-state index contributed by atoms with van der Waals surface area (Å²) in [7, 11) is 0. The largest absolute Gasteiger partial charge is 0.329 e. The number of anilines is 1. The van der Waals surface area contributed by atoms with Gasteiger partial charge in [-0.1, -0.05) is 12.8 Å². The molecule has 1 aromatic carbocycles. The predicted octanol–water partition coefficient (Wildman–Crippen LogP) is 3.18. The third-order valence-electron chi connectivity index (χ3n) is 4.02. The van der Waals surface area contributed by atoms with E-state index in [-0.39, 0.29) is 23.7 Å². The zero-order chi connectivity index (χ0) is 13.3. The maximum absolute atomic E-state index is 12.4. The smallest absolute Gasteiger partial charge is 0.231 e. The average Bonchev–Trinajstić information content (AvgIpc) is 3.07. The Bertz CT molecular complexity index is 607. The number of halogens is 1. The first-order valence-corrected chi connectivity index (χ1v) is 7.46. The van der Waals surface area contributed by atoms with Crippen LogP contribution in [-0.4, -0.2) is 17.4 Å². The van der Waals surface area contributed by atoms with Crippen LogP contribution in [-0.2, 0) is 4.79 Å². The van der Waals surface area contributed by atoms with E-state index in [0.29, 0.717) is 6.54 Å². The van der Waals surface area contributed by atoms with Gasteiger partial charge >= 0.3 is 0 Å². The van der Waals surface area contributed by atoms with Crippen molar-refractivity contribution in [1.82, 2.24) is 4.98 Å². The molecule has 1 aliphatic rings. The number of hydrogen-bond donors (Lipinski definition) is 2.